The Labute approximate surface area is 187 Å². The van der Waals surface area contributed by atoms with Gasteiger partial charge in [0.2, 0.25) is 0 Å². The quantitative estimate of drug-likeness (QED) is 0.453. The normalized spacial score (nSPS) is 15.9. The van der Waals surface area contributed by atoms with Crippen LogP contribution in [0, 0.1) is 13.8 Å². The number of amides is 2. The molecular weight excluding hydrogens is 445 g/mol. The number of carbonyl (C=O) groups excluding carboxylic acids is 3. The molecule has 0 unspecified atom stereocenters. The smallest absolute Gasteiger partial charge is 0.416 e. The Bertz CT molecular complexity index is 1120. The van der Waals surface area contributed by atoms with E-state index >= 15 is 0 Å². The molecule has 1 fully saturated rings. The summed E-state index contributed by atoms with van der Waals surface area (Å²) in [5.74, 6) is -1.31. The van der Waals surface area contributed by atoms with Crippen LogP contribution in [0.4, 0.5) is 18.0 Å². The molecule has 0 bridgehead atoms. The Kier molecular flexibility index (Phi) is 6.54. The van der Waals surface area contributed by atoms with Crippen LogP contribution in [0.25, 0.3) is 11.8 Å². The maximum atomic E-state index is 13.1. The van der Waals surface area contributed by atoms with Gasteiger partial charge in [0.15, 0.2) is 0 Å². The molecule has 0 spiro atoms. The van der Waals surface area contributed by atoms with Crippen LogP contribution in [0.2, 0.25) is 0 Å². The van der Waals surface area contributed by atoms with Crippen molar-refractivity contribution in [3.8, 4) is 5.69 Å². The van der Waals surface area contributed by atoms with E-state index in [2.05, 4.69) is 0 Å². The number of benzene rings is 1. The van der Waals surface area contributed by atoms with Crippen molar-refractivity contribution in [2.75, 3.05) is 6.54 Å². The minimum atomic E-state index is -4.47. The van der Waals surface area contributed by atoms with Crippen molar-refractivity contribution in [3.63, 3.8) is 0 Å². The standard InChI is InChI=1S/C22H21F3N2O4S/c1-12(2)31-19(28)11-26-20(29)18(32-21(26)30)9-15-8-13(3)27(14(15)4)17-7-5-6-16(10-17)22(23,24)25/h5-10,12H,11H2,1-4H3/b18-9-. The molecule has 2 amide bonds. The molecule has 1 aliphatic heterocycles. The summed E-state index contributed by atoms with van der Waals surface area (Å²) >= 11 is 0.696. The molecule has 0 radical (unpaired) electrons. The van der Waals surface area contributed by atoms with Crippen molar-refractivity contribution < 1.29 is 32.3 Å². The molecule has 1 saturated heterocycles. The van der Waals surface area contributed by atoms with Crippen LogP contribution >= 0.6 is 11.8 Å². The summed E-state index contributed by atoms with van der Waals surface area (Å²) in [5.41, 5.74) is 1.41. The van der Waals surface area contributed by atoms with Gasteiger partial charge in [-0.2, -0.15) is 13.2 Å². The fourth-order valence-corrected chi connectivity index (χ4v) is 4.19. The summed E-state index contributed by atoms with van der Waals surface area (Å²) in [6.45, 7) is 6.28. The van der Waals surface area contributed by atoms with Crippen molar-refractivity contribution in [1.29, 1.82) is 0 Å². The number of hydrogen-bond donors (Lipinski definition) is 0. The van der Waals surface area contributed by atoms with E-state index in [4.69, 9.17) is 4.74 Å². The van der Waals surface area contributed by atoms with Gasteiger partial charge < -0.3 is 9.30 Å². The number of imide groups is 1. The van der Waals surface area contributed by atoms with E-state index in [0.717, 1.165) is 17.0 Å². The zero-order valence-electron chi connectivity index (χ0n) is 17.8. The van der Waals surface area contributed by atoms with Crippen LogP contribution in [0.1, 0.15) is 36.4 Å². The lowest BCUT2D eigenvalue weighted by Crippen LogP contribution is -2.35. The molecular formula is C22H21F3N2O4S. The van der Waals surface area contributed by atoms with E-state index in [1.807, 2.05) is 0 Å². The van der Waals surface area contributed by atoms with Gasteiger partial charge in [-0.05, 0) is 75.4 Å². The maximum absolute atomic E-state index is 13.1. The van der Waals surface area contributed by atoms with E-state index in [1.54, 1.807) is 44.4 Å². The fourth-order valence-electron chi connectivity index (χ4n) is 3.36. The van der Waals surface area contributed by atoms with Crippen molar-refractivity contribution >= 4 is 35.0 Å². The molecule has 1 aromatic heterocycles. The highest BCUT2D eigenvalue weighted by Crippen LogP contribution is 2.35. The third-order valence-corrected chi connectivity index (χ3v) is 5.62. The van der Waals surface area contributed by atoms with E-state index in [9.17, 15) is 27.6 Å². The number of hydrogen-bond acceptors (Lipinski definition) is 5. The topological polar surface area (TPSA) is 68.6 Å². The van der Waals surface area contributed by atoms with E-state index in [-0.39, 0.29) is 11.0 Å². The lowest BCUT2D eigenvalue weighted by molar-refractivity contribution is -0.149. The molecule has 2 aromatic rings. The van der Waals surface area contributed by atoms with Gasteiger partial charge in [-0.25, -0.2) is 0 Å². The number of rotatable bonds is 5. The highest BCUT2D eigenvalue weighted by molar-refractivity contribution is 8.18. The molecule has 6 nitrogen and oxygen atoms in total. The van der Waals surface area contributed by atoms with Crippen LogP contribution in [-0.4, -0.2) is 39.2 Å². The second kappa shape index (κ2) is 8.85. The van der Waals surface area contributed by atoms with Gasteiger partial charge in [0.05, 0.1) is 16.6 Å². The van der Waals surface area contributed by atoms with Gasteiger partial charge in [0.1, 0.15) is 6.54 Å². The molecule has 1 aromatic carbocycles. The molecule has 10 heteroatoms. The zero-order chi connectivity index (χ0) is 23.8. The van der Waals surface area contributed by atoms with Crippen molar-refractivity contribution in [2.45, 2.75) is 40.0 Å². The molecule has 3 rings (SSSR count). The average molecular weight is 466 g/mol. The van der Waals surface area contributed by atoms with E-state index in [0.29, 0.717) is 34.4 Å². The third-order valence-electron chi connectivity index (χ3n) is 4.72. The highest BCUT2D eigenvalue weighted by atomic mass is 32.2. The number of aryl methyl sites for hydroxylation is 1. The Morgan fingerprint density at radius 3 is 2.50 bits per heavy atom. The summed E-state index contributed by atoms with van der Waals surface area (Å²) in [7, 11) is 0. The van der Waals surface area contributed by atoms with Gasteiger partial charge in [0, 0.05) is 17.1 Å². The molecule has 1 aliphatic rings. The van der Waals surface area contributed by atoms with Crippen LogP contribution < -0.4 is 0 Å². The fraction of sp³-hybridized carbons (Fsp3) is 0.318. The lowest BCUT2D eigenvalue weighted by atomic mass is 10.2. The molecule has 0 saturated carbocycles. The van der Waals surface area contributed by atoms with Gasteiger partial charge >= 0.3 is 12.1 Å². The molecule has 0 atom stereocenters. The number of ether oxygens (including phenoxy) is 1. The number of aromatic nitrogens is 1. The van der Waals surface area contributed by atoms with Gasteiger partial charge in [-0.15, -0.1) is 0 Å². The molecule has 0 aliphatic carbocycles. The van der Waals surface area contributed by atoms with Crippen LogP contribution in [0.5, 0.6) is 0 Å². The number of nitrogens with zero attached hydrogens (tertiary/aromatic N) is 2. The lowest BCUT2D eigenvalue weighted by Gasteiger charge is -2.13. The second-order valence-corrected chi connectivity index (χ2v) is 8.51. The molecule has 32 heavy (non-hydrogen) atoms. The Balaban J connectivity index is 1.90. The first-order chi connectivity index (χ1) is 14.9. The van der Waals surface area contributed by atoms with Crippen molar-refractivity contribution in [1.82, 2.24) is 9.47 Å². The first kappa shape index (κ1) is 23.6. The zero-order valence-corrected chi connectivity index (χ0v) is 18.6. The molecule has 170 valence electrons. The second-order valence-electron chi connectivity index (χ2n) is 7.52. The first-order valence-electron chi connectivity index (χ1n) is 9.70. The summed E-state index contributed by atoms with van der Waals surface area (Å²) in [5, 5.41) is -0.589. The molecule has 0 N–H and O–H groups in total. The van der Waals surface area contributed by atoms with Crippen molar-refractivity contribution in [2.24, 2.45) is 0 Å². The largest absolute Gasteiger partial charge is 0.462 e. The van der Waals surface area contributed by atoms with Crippen LogP contribution in [0.3, 0.4) is 0 Å². The van der Waals surface area contributed by atoms with Gasteiger partial charge in [-0.3, -0.25) is 19.3 Å². The summed E-state index contributed by atoms with van der Waals surface area (Å²) < 4.78 is 46.0. The minimum absolute atomic E-state index is 0.122. The number of halogens is 3. The first-order valence-corrected chi connectivity index (χ1v) is 10.5. The van der Waals surface area contributed by atoms with Gasteiger partial charge in [0.25, 0.3) is 11.1 Å². The Morgan fingerprint density at radius 2 is 1.88 bits per heavy atom. The number of carbonyl (C=O) groups is 3. The van der Waals surface area contributed by atoms with Gasteiger partial charge in [-0.1, -0.05) is 6.07 Å². The number of thioether (sulfide) groups is 1. The summed E-state index contributed by atoms with van der Waals surface area (Å²) in [6.07, 6.45) is -3.34. The van der Waals surface area contributed by atoms with Crippen LogP contribution in [0.15, 0.2) is 35.2 Å². The number of alkyl halides is 3. The van der Waals surface area contributed by atoms with E-state index < -0.39 is 35.4 Å². The van der Waals surface area contributed by atoms with Crippen molar-refractivity contribution in [3.05, 3.63) is 57.8 Å². The minimum Gasteiger partial charge on any atom is -0.462 e. The predicted molar refractivity (Wildman–Crippen MR) is 114 cm³/mol. The summed E-state index contributed by atoms with van der Waals surface area (Å²) in [6, 6.07) is 6.67. The highest BCUT2D eigenvalue weighted by Gasteiger charge is 2.37. The number of esters is 1. The Hall–Kier alpha value is -3.01. The SMILES string of the molecule is Cc1cc(/C=C2\SC(=O)N(CC(=O)OC(C)C)C2=O)c(C)n1-c1cccc(C(F)(F)F)c1. The maximum Gasteiger partial charge on any atom is 0.416 e. The summed E-state index contributed by atoms with van der Waals surface area (Å²) in [4.78, 5) is 37.6. The van der Waals surface area contributed by atoms with Crippen LogP contribution in [-0.2, 0) is 20.5 Å². The molecule has 2 heterocycles. The monoisotopic (exact) mass is 466 g/mol. The predicted octanol–water partition coefficient (Wildman–Crippen LogP) is 5.10. The average Bonchev–Trinajstić information content (AvgIpc) is 3.10. The third kappa shape index (κ3) is 4.90. The Morgan fingerprint density at radius 1 is 1.19 bits per heavy atom. The van der Waals surface area contributed by atoms with E-state index in [1.165, 1.54) is 12.1 Å².